The van der Waals surface area contributed by atoms with Gasteiger partial charge in [0.25, 0.3) is 11.8 Å². The van der Waals surface area contributed by atoms with Crippen molar-refractivity contribution >= 4 is 29.9 Å². The molecule has 1 aromatic rings. The van der Waals surface area contributed by atoms with Crippen LogP contribution in [0, 0.1) is 0 Å². The Morgan fingerprint density at radius 1 is 1.35 bits per heavy atom. The van der Waals surface area contributed by atoms with E-state index in [4.69, 9.17) is 9.47 Å². The standard InChI is InChI=1S/C26H41N3O4.ClH/c1-7-10-19-15-23-22(28(13-9-14-32-6)25(31)26(4,5)33-23)16-21(19)24(30)29(18(2)3)20-11-8-12-27-17-20;/h15-16,18,20,27H,7-14,17H2,1-6H3;1H/t20-;/m1./s1. The van der Waals surface area contributed by atoms with Crippen molar-refractivity contribution in [2.75, 3.05) is 38.3 Å². The molecule has 0 radical (unpaired) electrons. The number of halogens is 1. The highest BCUT2D eigenvalue weighted by Gasteiger charge is 2.42. The summed E-state index contributed by atoms with van der Waals surface area (Å²) in [5, 5.41) is 3.44. The monoisotopic (exact) mass is 495 g/mol. The summed E-state index contributed by atoms with van der Waals surface area (Å²) in [6.07, 6.45) is 4.49. The molecule has 1 atom stereocenters. The van der Waals surface area contributed by atoms with Gasteiger partial charge in [0.05, 0.1) is 5.69 Å². The smallest absolute Gasteiger partial charge is 0.270 e. The molecule has 192 valence electrons. The maximum Gasteiger partial charge on any atom is 0.270 e. The first-order valence-electron chi connectivity index (χ1n) is 12.4. The number of hydrogen-bond donors (Lipinski definition) is 1. The maximum absolute atomic E-state index is 14.0. The van der Waals surface area contributed by atoms with Gasteiger partial charge in [0.2, 0.25) is 0 Å². The van der Waals surface area contributed by atoms with Gasteiger partial charge < -0.3 is 24.6 Å². The number of nitrogens with zero attached hydrogens (tertiary/aromatic N) is 2. The molecule has 7 nitrogen and oxygen atoms in total. The highest BCUT2D eigenvalue weighted by atomic mass is 35.5. The average molecular weight is 496 g/mol. The highest BCUT2D eigenvalue weighted by molar-refractivity contribution is 6.05. The summed E-state index contributed by atoms with van der Waals surface area (Å²) in [4.78, 5) is 31.0. The minimum atomic E-state index is -0.952. The van der Waals surface area contributed by atoms with Crippen molar-refractivity contribution in [2.24, 2.45) is 0 Å². The molecule has 2 heterocycles. The number of rotatable bonds is 9. The molecule has 3 rings (SSSR count). The highest BCUT2D eigenvalue weighted by Crippen LogP contribution is 2.40. The molecule has 1 aromatic carbocycles. The fourth-order valence-corrected chi connectivity index (χ4v) is 4.95. The molecule has 2 aliphatic rings. The van der Waals surface area contributed by atoms with Gasteiger partial charge in [-0.3, -0.25) is 9.59 Å². The fraction of sp³-hybridized carbons (Fsp3) is 0.692. The number of anilines is 1. The van der Waals surface area contributed by atoms with Gasteiger partial charge in [-0.05, 0) is 77.6 Å². The summed E-state index contributed by atoms with van der Waals surface area (Å²) >= 11 is 0. The summed E-state index contributed by atoms with van der Waals surface area (Å²) in [7, 11) is 1.66. The fourth-order valence-electron chi connectivity index (χ4n) is 4.95. The van der Waals surface area contributed by atoms with Crippen molar-refractivity contribution in [3.8, 4) is 5.75 Å². The molecule has 1 saturated heterocycles. The summed E-state index contributed by atoms with van der Waals surface area (Å²) < 4.78 is 11.4. The zero-order valence-corrected chi connectivity index (χ0v) is 22.4. The first-order chi connectivity index (χ1) is 15.7. The average Bonchev–Trinajstić information content (AvgIpc) is 2.77. The lowest BCUT2D eigenvalue weighted by Crippen LogP contribution is -2.53. The molecule has 1 N–H and O–H groups in total. The first-order valence-corrected chi connectivity index (χ1v) is 12.4. The summed E-state index contributed by atoms with van der Waals surface area (Å²) in [5.74, 6) is 0.622. The molecule has 0 saturated carbocycles. The number of ether oxygens (including phenoxy) is 2. The summed E-state index contributed by atoms with van der Waals surface area (Å²) in [6.45, 7) is 12.8. The van der Waals surface area contributed by atoms with Crippen LogP contribution in [0.2, 0.25) is 0 Å². The SMILES string of the molecule is CCCc1cc2c(cc1C(=O)N(C(C)C)[C@@H]1CCCNC1)N(CCCOC)C(=O)C(C)(C)O2.Cl. The maximum atomic E-state index is 14.0. The molecule has 2 aliphatic heterocycles. The van der Waals surface area contributed by atoms with Crippen LogP contribution in [0.15, 0.2) is 12.1 Å². The van der Waals surface area contributed by atoms with E-state index in [0.29, 0.717) is 36.6 Å². The van der Waals surface area contributed by atoms with E-state index >= 15 is 0 Å². The topological polar surface area (TPSA) is 71.1 Å². The van der Waals surface area contributed by atoms with E-state index in [1.54, 1.807) is 25.9 Å². The molecule has 0 aromatic heterocycles. The van der Waals surface area contributed by atoms with Crippen LogP contribution in [0.25, 0.3) is 0 Å². The number of aryl methyl sites for hydroxylation is 1. The number of piperidine rings is 1. The third-order valence-electron chi connectivity index (χ3n) is 6.54. The number of benzene rings is 1. The lowest BCUT2D eigenvalue weighted by Gasteiger charge is -2.40. The normalized spacial score (nSPS) is 19.3. The van der Waals surface area contributed by atoms with Crippen molar-refractivity contribution < 1.29 is 19.1 Å². The van der Waals surface area contributed by atoms with Gasteiger partial charge in [-0.1, -0.05) is 13.3 Å². The van der Waals surface area contributed by atoms with Crippen molar-refractivity contribution in [3.05, 3.63) is 23.3 Å². The van der Waals surface area contributed by atoms with Gasteiger partial charge in [0.15, 0.2) is 5.60 Å². The number of hydrogen-bond acceptors (Lipinski definition) is 5. The molecule has 0 spiro atoms. The number of carbonyl (C=O) groups excluding carboxylic acids is 2. The van der Waals surface area contributed by atoms with Crippen molar-refractivity contribution in [3.63, 3.8) is 0 Å². The molecule has 8 heteroatoms. The Morgan fingerprint density at radius 2 is 2.09 bits per heavy atom. The number of nitrogens with one attached hydrogen (secondary N) is 1. The Morgan fingerprint density at radius 3 is 2.68 bits per heavy atom. The molecule has 1 fully saturated rings. The lowest BCUT2D eigenvalue weighted by atomic mass is 9.95. The summed E-state index contributed by atoms with van der Waals surface area (Å²) in [5.41, 5.74) is 1.40. The van der Waals surface area contributed by atoms with E-state index < -0.39 is 5.60 Å². The van der Waals surface area contributed by atoms with Crippen molar-refractivity contribution in [1.82, 2.24) is 10.2 Å². The van der Waals surface area contributed by atoms with Crippen LogP contribution in [0.3, 0.4) is 0 Å². The Bertz CT molecular complexity index is 853. The Kier molecular flexibility index (Phi) is 10.2. The number of methoxy groups -OCH3 is 1. The number of fused-ring (bicyclic) bond motifs is 1. The minimum Gasteiger partial charge on any atom is -0.476 e. The molecule has 0 aliphatic carbocycles. The number of amides is 2. The van der Waals surface area contributed by atoms with Crippen LogP contribution in [0.4, 0.5) is 5.69 Å². The first kappa shape index (κ1) is 28.4. The third-order valence-corrected chi connectivity index (χ3v) is 6.54. The van der Waals surface area contributed by atoms with Crippen molar-refractivity contribution in [2.45, 2.75) is 84.4 Å². The van der Waals surface area contributed by atoms with Gasteiger partial charge in [-0.2, -0.15) is 0 Å². The number of carbonyl (C=O) groups is 2. The summed E-state index contributed by atoms with van der Waals surface area (Å²) in [6, 6.07) is 4.14. The zero-order chi connectivity index (χ0) is 24.2. The minimum absolute atomic E-state index is 0. The van der Waals surface area contributed by atoms with Gasteiger partial charge in [0, 0.05) is 44.5 Å². The Balaban J connectivity index is 0.00000408. The van der Waals surface area contributed by atoms with E-state index in [2.05, 4.69) is 26.1 Å². The predicted octanol–water partition coefficient (Wildman–Crippen LogP) is 4.20. The molecule has 2 amide bonds. The van der Waals surface area contributed by atoms with Gasteiger partial charge in [-0.15, -0.1) is 12.4 Å². The molecular formula is C26H42ClN3O4. The predicted molar refractivity (Wildman–Crippen MR) is 138 cm³/mol. The second-order valence-electron chi connectivity index (χ2n) is 9.95. The molecule has 0 bridgehead atoms. The van der Waals surface area contributed by atoms with E-state index in [9.17, 15) is 9.59 Å². The van der Waals surface area contributed by atoms with Gasteiger partial charge in [-0.25, -0.2) is 0 Å². The molecule has 0 unspecified atom stereocenters. The quantitative estimate of drug-likeness (QED) is 0.520. The van der Waals surface area contributed by atoms with E-state index in [-0.39, 0.29) is 36.3 Å². The second-order valence-corrected chi connectivity index (χ2v) is 9.95. The van der Waals surface area contributed by atoms with Crippen LogP contribution in [0.5, 0.6) is 5.75 Å². The zero-order valence-electron chi connectivity index (χ0n) is 21.6. The third kappa shape index (κ3) is 6.04. The van der Waals surface area contributed by atoms with E-state index in [1.165, 1.54) is 0 Å². The van der Waals surface area contributed by atoms with E-state index in [1.807, 2.05) is 17.0 Å². The second kappa shape index (κ2) is 12.2. The molecule has 34 heavy (non-hydrogen) atoms. The van der Waals surface area contributed by atoms with Crippen LogP contribution < -0.4 is 15.0 Å². The molecular weight excluding hydrogens is 454 g/mol. The van der Waals surface area contributed by atoms with Gasteiger partial charge >= 0.3 is 0 Å². The lowest BCUT2D eigenvalue weighted by molar-refractivity contribution is -0.132. The van der Waals surface area contributed by atoms with Crippen LogP contribution in [-0.4, -0.2) is 67.7 Å². The van der Waals surface area contributed by atoms with Gasteiger partial charge in [0.1, 0.15) is 5.75 Å². The van der Waals surface area contributed by atoms with Crippen molar-refractivity contribution in [1.29, 1.82) is 0 Å². The van der Waals surface area contributed by atoms with Crippen LogP contribution in [0.1, 0.15) is 76.2 Å². The van der Waals surface area contributed by atoms with Crippen LogP contribution >= 0.6 is 12.4 Å². The largest absolute Gasteiger partial charge is 0.476 e. The van der Waals surface area contributed by atoms with Crippen LogP contribution in [-0.2, 0) is 16.0 Å². The Labute approximate surface area is 210 Å². The van der Waals surface area contributed by atoms with E-state index in [0.717, 1.165) is 44.3 Å². The Hall–Kier alpha value is -1.83.